The minimum atomic E-state index is -1.08. The number of carbonyl (C=O) groups excluding carboxylic acids is 1. The van der Waals surface area contributed by atoms with Gasteiger partial charge in [-0.2, -0.15) is 0 Å². The summed E-state index contributed by atoms with van der Waals surface area (Å²) in [4.78, 5) is 23.5. The second kappa shape index (κ2) is 6.50. The lowest BCUT2D eigenvalue weighted by molar-refractivity contribution is -0.139. The molecule has 2 rings (SSSR count). The number of hydrogen-bond donors (Lipinski definition) is 3. The van der Waals surface area contributed by atoms with E-state index < -0.39 is 18.0 Å². The third kappa shape index (κ3) is 3.91. The normalized spacial score (nSPS) is 17.7. The number of carboxylic acid groups (broad SMARTS) is 1. The molecule has 1 fully saturated rings. The van der Waals surface area contributed by atoms with Gasteiger partial charge in [0, 0.05) is 18.0 Å². The predicted molar refractivity (Wildman–Crippen MR) is 68.8 cm³/mol. The van der Waals surface area contributed by atoms with Gasteiger partial charge in [0.05, 0.1) is 13.2 Å². The summed E-state index contributed by atoms with van der Waals surface area (Å²) in [6, 6.07) is 1.87. The SMILES string of the molecule is O=C(NC(C(=O)O)c1cccs1)NN1CCOCC1. The standard InChI is InChI=1S/C11H15N3O4S/c15-10(16)9(8-2-1-7-19-8)12-11(17)13-14-3-5-18-6-4-14/h1-2,7,9H,3-6H2,(H,15,16)(H2,12,13,17). The molecule has 3 N–H and O–H groups in total. The van der Waals surface area contributed by atoms with Crippen LogP contribution in [0.25, 0.3) is 0 Å². The van der Waals surface area contributed by atoms with E-state index in [0.717, 1.165) is 0 Å². The van der Waals surface area contributed by atoms with Crippen LogP contribution in [-0.2, 0) is 9.53 Å². The summed E-state index contributed by atoms with van der Waals surface area (Å²) >= 11 is 1.29. The molecular weight excluding hydrogens is 270 g/mol. The van der Waals surface area contributed by atoms with Crippen LogP contribution in [-0.4, -0.2) is 48.4 Å². The average Bonchev–Trinajstić information content (AvgIpc) is 2.90. The van der Waals surface area contributed by atoms with Crippen molar-refractivity contribution < 1.29 is 19.4 Å². The molecule has 1 saturated heterocycles. The Morgan fingerprint density at radius 1 is 1.42 bits per heavy atom. The van der Waals surface area contributed by atoms with Crippen molar-refractivity contribution in [2.45, 2.75) is 6.04 Å². The number of urea groups is 1. The van der Waals surface area contributed by atoms with Gasteiger partial charge in [0.15, 0.2) is 6.04 Å². The van der Waals surface area contributed by atoms with Crippen molar-refractivity contribution in [3.8, 4) is 0 Å². The monoisotopic (exact) mass is 285 g/mol. The van der Waals surface area contributed by atoms with E-state index in [1.807, 2.05) is 0 Å². The van der Waals surface area contributed by atoms with Gasteiger partial charge in [-0.3, -0.25) is 5.43 Å². The van der Waals surface area contributed by atoms with Crippen molar-refractivity contribution in [1.29, 1.82) is 0 Å². The number of thiophene rings is 1. The number of nitrogens with zero attached hydrogens (tertiary/aromatic N) is 1. The van der Waals surface area contributed by atoms with Crippen LogP contribution in [0.5, 0.6) is 0 Å². The highest BCUT2D eigenvalue weighted by Crippen LogP contribution is 2.18. The number of ether oxygens (including phenoxy) is 1. The van der Waals surface area contributed by atoms with Crippen LogP contribution in [0.2, 0.25) is 0 Å². The summed E-state index contributed by atoms with van der Waals surface area (Å²) in [7, 11) is 0. The van der Waals surface area contributed by atoms with Crippen LogP contribution in [0.3, 0.4) is 0 Å². The molecule has 2 amide bonds. The molecule has 0 bridgehead atoms. The van der Waals surface area contributed by atoms with E-state index >= 15 is 0 Å². The smallest absolute Gasteiger partial charge is 0.331 e. The summed E-state index contributed by atoms with van der Waals surface area (Å²) in [5.41, 5.74) is 2.61. The van der Waals surface area contributed by atoms with Gasteiger partial charge < -0.3 is 15.2 Å². The van der Waals surface area contributed by atoms with Crippen molar-refractivity contribution in [3.63, 3.8) is 0 Å². The largest absolute Gasteiger partial charge is 0.479 e. The molecule has 0 radical (unpaired) electrons. The van der Waals surface area contributed by atoms with Gasteiger partial charge in [-0.1, -0.05) is 6.07 Å². The molecule has 19 heavy (non-hydrogen) atoms. The van der Waals surface area contributed by atoms with E-state index in [1.165, 1.54) is 11.3 Å². The third-order valence-electron chi connectivity index (χ3n) is 2.62. The van der Waals surface area contributed by atoms with E-state index in [-0.39, 0.29) is 0 Å². The highest BCUT2D eigenvalue weighted by atomic mass is 32.1. The Morgan fingerprint density at radius 3 is 2.74 bits per heavy atom. The number of nitrogens with one attached hydrogen (secondary N) is 2. The molecule has 104 valence electrons. The maximum absolute atomic E-state index is 11.8. The number of carbonyl (C=O) groups is 2. The Morgan fingerprint density at radius 2 is 2.16 bits per heavy atom. The minimum Gasteiger partial charge on any atom is -0.479 e. The molecule has 0 aromatic carbocycles. The first-order valence-electron chi connectivity index (χ1n) is 5.83. The van der Waals surface area contributed by atoms with E-state index in [4.69, 9.17) is 9.84 Å². The Labute approximate surface area is 114 Å². The lowest BCUT2D eigenvalue weighted by atomic mass is 10.2. The molecule has 1 aliphatic heterocycles. The van der Waals surface area contributed by atoms with E-state index in [9.17, 15) is 9.59 Å². The summed E-state index contributed by atoms with van der Waals surface area (Å²) in [5, 5.41) is 15.0. The number of rotatable bonds is 4. The van der Waals surface area contributed by atoms with E-state index in [1.54, 1.807) is 22.5 Å². The zero-order valence-electron chi connectivity index (χ0n) is 10.2. The maximum Gasteiger partial charge on any atom is 0.331 e. The van der Waals surface area contributed by atoms with Crippen molar-refractivity contribution in [1.82, 2.24) is 15.8 Å². The predicted octanol–water partition coefficient (Wildman–Crippen LogP) is 0.420. The molecule has 1 aliphatic rings. The summed E-state index contributed by atoms with van der Waals surface area (Å²) in [6.45, 7) is 2.27. The summed E-state index contributed by atoms with van der Waals surface area (Å²) < 4.78 is 5.15. The van der Waals surface area contributed by atoms with Gasteiger partial charge >= 0.3 is 12.0 Å². The molecule has 1 aromatic heterocycles. The first-order valence-corrected chi connectivity index (χ1v) is 6.71. The van der Waals surface area contributed by atoms with E-state index in [0.29, 0.717) is 31.2 Å². The van der Waals surface area contributed by atoms with Crippen LogP contribution in [0.1, 0.15) is 10.9 Å². The Kier molecular flexibility index (Phi) is 4.72. The molecule has 1 aromatic rings. The Hall–Kier alpha value is -1.64. The highest BCUT2D eigenvalue weighted by molar-refractivity contribution is 7.10. The molecule has 0 saturated carbocycles. The van der Waals surface area contributed by atoms with E-state index in [2.05, 4.69) is 10.7 Å². The maximum atomic E-state index is 11.8. The summed E-state index contributed by atoms with van der Waals surface area (Å²) in [5.74, 6) is -1.08. The van der Waals surface area contributed by atoms with Crippen LogP contribution >= 0.6 is 11.3 Å². The topological polar surface area (TPSA) is 90.9 Å². The number of amides is 2. The molecule has 1 unspecified atom stereocenters. The second-order valence-electron chi connectivity index (χ2n) is 3.97. The van der Waals surface area contributed by atoms with Crippen LogP contribution < -0.4 is 10.7 Å². The van der Waals surface area contributed by atoms with Gasteiger partial charge in [0.2, 0.25) is 0 Å². The van der Waals surface area contributed by atoms with Crippen molar-refractivity contribution in [2.24, 2.45) is 0 Å². The zero-order chi connectivity index (χ0) is 13.7. The number of aliphatic carboxylic acids is 1. The number of hydrogen-bond acceptors (Lipinski definition) is 5. The number of morpholine rings is 1. The van der Waals surface area contributed by atoms with Gasteiger partial charge in [-0.05, 0) is 11.4 Å². The number of hydrazine groups is 1. The quantitative estimate of drug-likeness (QED) is 0.746. The Bertz CT molecular complexity index is 431. The van der Waals surface area contributed by atoms with Crippen molar-refractivity contribution >= 4 is 23.3 Å². The number of carboxylic acids is 1. The highest BCUT2D eigenvalue weighted by Gasteiger charge is 2.24. The molecular formula is C11H15N3O4S. The van der Waals surface area contributed by atoms with Gasteiger partial charge in [0.25, 0.3) is 0 Å². The molecule has 1 atom stereocenters. The Balaban J connectivity index is 1.90. The first kappa shape index (κ1) is 13.8. The molecule has 0 spiro atoms. The fourth-order valence-corrected chi connectivity index (χ4v) is 2.46. The van der Waals surface area contributed by atoms with Gasteiger partial charge in [-0.25, -0.2) is 14.6 Å². The average molecular weight is 285 g/mol. The molecule has 2 heterocycles. The minimum absolute atomic E-state index is 0.525. The lowest BCUT2D eigenvalue weighted by Gasteiger charge is -2.27. The van der Waals surface area contributed by atoms with Crippen LogP contribution in [0.15, 0.2) is 17.5 Å². The zero-order valence-corrected chi connectivity index (χ0v) is 11.0. The third-order valence-corrected chi connectivity index (χ3v) is 3.56. The van der Waals surface area contributed by atoms with Crippen molar-refractivity contribution in [2.75, 3.05) is 26.3 Å². The van der Waals surface area contributed by atoms with Crippen LogP contribution in [0.4, 0.5) is 4.79 Å². The molecule has 8 heteroatoms. The van der Waals surface area contributed by atoms with Crippen LogP contribution in [0, 0.1) is 0 Å². The molecule has 0 aliphatic carbocycles. The van der Waals surface area contributed by atoms with Crippen molar-refractivity contribution in [3.05, 3.63) is 22.4 Å². The summed E-state index contributed by atoms with van der Waals surface area (Å²) in [6.07, 6.45) is 0. The lowest BCUT2D eigenvalue weighted by Crippen LogP contribution is -2.52. The fraction of sp³-hybridized carbons (Fsp3) is 0.455. The molecule has 7 nitrogen and oxygen atoms in total. The van der Waals surface area contributed by atoms with Gasteiger partial charge in [-0.15, -0.1) is 11.3 Å². The van der Waals surface area contributed by atoms with Gasteiger partial charge in [0.1, 0.15) is 0 Å². The second-order valence-corrected chi connectivity index (χ2v) is 4.95. The first-order chi connectivity index (χ1) is 9.16. The fourth-order valence-electron chi connectivity index (χ4n) is 1.69.